The molecule has 20 heavy (non-hydrogen) atoms. The molecule has 4 fully saturated rings. The van der Waals surface area contributed by atoms with Crippen LogP contribution in [0.2, 0.25) is 0 Å². The van der Waals surface area contributed by atoms with Crippen molar-refractivity contribution in [2.45, 2.75) is 51.0 Å². The van der Waals surface area contributed by atoms with Crippen LogP contribution in [0.25, 0.3) is 0 Å². The Hall–Kier alpha value is -1.39. The second-order valence-corrected chi connectivity index (χ2v) is 7.35. The summed E-state index contributed by atoms with van der Waals surface area (Å²) in [5.74, 6) is 1.79. The van der Waals surface area contributed by atoms with Gasteiger partial charge < -0.3 is 5.11 Å². The summed E-state index contributed by atoms with van der Waals surface area (Å²) in [6.45, 7) is 0. The average Bonchev–Trinajstić information content (AvgIpc) is 2.87. The van der Waals surface area contributed by atoms with Gasteiger partial charge in [0.15, 0.2) is 6.04 Å². The first-order valence-electron chi connectivity index (χ1n) is 7.70. The van der Waals surface area contributed by atoms with Crippen LogP contribution in [0.1, 0.15) is 51.0 Å². The van der Waals surface area contributed by atoms with E-state index in [4.69, 9.17) is 0 Å². The average molecular weight is 275 g/mol. The van der Waals surface area contributed by atoms with Crippen LogP contribution in [-0.4, -0.2) is 25.8 Å². The molecule has 4 saturated carbocycles. The molecule has 0 spiro atoms. The Morgan fingerprint density at radius 2 is 1.85 bits per heavy atom. The number of rotatable bonds is 4. The van der Waals surface area contributed by atoms with Gasteiger partial charge >= 0.3 is 5.97 Å². The van der Waals surface area contributed by atoms with Crippen molar-refractivity contribution in [3.63, 3.8) is 0 Å². The van der Waals surface area contributed by atoms with Gasteiger partial charge in [-0.25, -0.2) is 14.5 Å². The van der Waals surface area contributed by atoms with Gasteiger partial charge in [-0.05, 0) is 68.1 Å². The highest BCUT2D eigenvalue weighted by atomic mass is 16.4. The van der Waals surface area contributed by atoms with Gasteiger partial charge in [0.2, 0.25) is 0 Å². The molecule has 1 aromatic heterocycles. The topological polar surface area (TPSA) is 68.0 Å². The van der Waals surface area contributed by atoms with Crippen LogP contribution in [0.4, 0.5) is 0 Å². The second kappa shape index (κ2) is 4.30. The smallest absolute Gasteiger partial charge is 0.328 e. The lowest BCUT2D eigenvalue weighted by molar-refractivity contribution is -0.145. The second-order valence-electron chi connectivity index (χ2n) is 7.35. The number of carboxylic acids is 1. The normalized spacial score (nSPS) is 39.9. The molecule has 1 aromatic rings. The van der Waals surface area contributed by atoms with Gasteiger partial charge in [0.05, 0.1) is 0 Å². The van der Waals surface area contributed by atoms with Crippen LogP contribution in [0.15, 0.2) is 12.7 Å². The summed E-state index contributed by atoms with van der Waals surface area (Å²) in [6.07, 6.45) is 11.6. The highest BCUT2D eigenvalue weighted by Crippen LogP contribution is 2.62. The van der Waals surface area contributed by atoms with Gasteiger partial charge in [-0.2, -0.15) is 5.10 Å². The molecule has 0 saturated heterocycles. The Morgan fingerprint density at radius 3 is 2.30 bits per heavy atom. The predicted molar refractivity (Wildman–Crippen MR) is 71.9 cm³/mol. The van der Waals surface area contributed by atoms with Gasteiger partial charge in [-0.15, -0.1) is 0 Å². The highest BCUT2D eigenvalue weighted by Gasteiger charge is 2.52. The molecule has 5 nitrogen and oxygen atoms in total. The third kappa shape index (κ3) is 1.95. The molecule has 1 unspecified atom stereocenters. The minimum atomic E-state index is -0.772. The van der Waals surface area contributed by atoms with E-state index in [0.29, 0.717) is 0 Å². The number of carboxylic acid groups (broad SMARTS) is 1. The van der Waals surface area contributed by atoms with Crippen molar-refractivity contribution in [2.24, 2.45) is 23.2 Å². The zero-order valence-electron chi connectivity index (χ0n) is 11.6. The molecular formula is C15H21N3O2. The summed E-state index contributed by atoms with van der Waals surface area (Å²) < 4.78 is 1.53. The lowest BCUT2D eigenvalue weighted by Gasteiger charge is -2.57. The van der Waals surface area contributed by atoms with Gasteiger partial charge in [0.25, 0.3) is 0 Å². The van der Waals surface area contributed by atoms with E-state index < -0.39 is 12.0 Å². The Morgan fingerprint density at radius 1 is 1.25 bits per heavy atom. The first kappa shape index (κ1) is 12.4. The van der Waals surface area contributed by atoms with Crippen molar-refractivity contribution in [1.82, 2.24) is 14.8 Å². The molecular weight excluding hydrogens is 254 g/mol. The van der Waals surface area contributed by atoms with E-state index in [0.717, 1.165) is 24.2 Å². The van der Waals surface area contributed by atoms with E-state index in [2.05, 4.69) is 10.1 Å². The van der Waals surface area contributed by atoms with Gasteiger partial charge in [0, 0.05) is 0 Å². The molecule has 1 atom stereocenters. The number of nitrogens with zero attached hydrogens (tertiary/aromatic N) is 3. The molecule has 0 aliphatic heterocycles. The fourth-order valence-electron chi connectivity index (χ4n) is 5.62. The zero-order chi connectivity index (χ0) is 13.7. The fourth-order valence-corrected chi connectivity index (χ4v) is 5.62. The lowest BCUT2D eigenvalue weighted by atomic mass is 9.48. The van der Waals surface area contributed by atoms with E-state index in [1.165, 1.54) is 49.5 Å². The zero-order valence-corrected chi connectivity index (χ0v) is 11.6. The highest BCUT2D eigenvalue weighted by molar-refractivity contribution is 5.71. The van der Waals surface area contributed by atoms with Crippen LogP contribution in [0, 0.1) is 23.2 Å². The number of carbonyl (C=O) groups is 1. The minimum absolute atomic E-state index is 0.254. The van der Waals surface area contributed by atoms with E-state index in [9.17, 15) is 9.90 Å². The molecule has 5 rings (SSSR count). The molecule has 5 heteroatoms. The Bertz CT molecular complexity index is 476. The summed E-state index contributed by atoms with van der Waals surface area (Å²) in [7, 11) is 0. The number of hydrogen-bond donors (Lipinski definition) is 1. The molecule has 4 aliphatic carbocycles. The van der Waals surface area contributed by atoms with Crippen molar-refractivity contribution in [2.75, 3.05) is 0 Å². The molecule has 4 bridgehead atoms. The minimum Gasteiger partial charge on any atom is -0.480 e. The first-order chi connectivity index (χ1) is 9.63. The molecule has 1 heterocycles. The quantitative estimate of drug-likeness (QED) is 0.916. The van der Waals surface area contributed by atoms with Crippen molar-refractivity contribution in [3.05, 3.63) is 12.7 Å². The molecule has 1 N–H and O–H groups in total. The van der Waals surface area contributed by atoms with E-state index in [-0.39, 0.29) is 5.41 Å². The maximum Gasteiger partial charge on any atom is 0.328 e. The summed E-state index contributed by atoms with van der Waals surface area (Å²) in [4.78, 5) is 15.5. The van der Waals surface area contributed by atoms with Gasteiger partial charge in [0.1, 0.15) is 12.7 Å². The summed E-state index contributed by atoms with van der Waals surface area (Å²) >= 11 is 0. The molecule has 0 aromatic carbocycles. The van der Waals surface area contributed by atoms with E-state index >= 15 is 0 Å². The SMILES string of the molecule is O=C(O)C(CC12CC3CC(CC(C3)C1)C2)n1cncn1. The van der Waals surface area contributed by atoms with E-state index in [1.807, 2.05) is 0 Å². The molecule has 0 radical (unpaired) electrons. The number of hydrogen-bond acceptors (Lipinski definition) is 3. The Kier molecular flexibility index (Phi) is 2.66. The van der Waals surface area contributed by atoms with E-state index in [1.54, 1.807) is 6.33 Å². The predicted octanol–water partition coefficient (Wildman–Crippen LogP) is 2.51. The summed E-state index contributed by atoms with van der Waals surface area (Å²) in [5.41, 5.74) is 0.254. The fraction of sp³-hybridized carbons (Fsp3) is 0.800. The number of aliphatic carboxylic acids is 1. The van der Waals surface area contributed by atoms with Crippen LogP contribution < -0.4 is 0 Å². The summed E-state index contributed by atoms with van der Waals surface area (Å²) in [5, 5.41) is 13.6. The maximum absolute atomic E-state index is 11.6. The first-order valence-corrected chi connectivity index (χ1v) is 7.70. The van der Waals surface area contributed by atoms with Crippen LogP contribution in [0.3, 0.4) is 0 Å². The van der Waals surface area contributed by atoms with Gasteiger partial charge in [-0.1, -0.05) is 0 Å². The largest absolute Gasteiger partial charge is 0.480 e. The van der Waals surface area contributed by atoms with Crippen molar-refractivity contribution >= 4 is 5.97 Å². The molecule has 108 valence electrons. The van der Waals surface area contributed by atoms with Crippen LogP contribution in [-0.2, 0) is 4.79 Å². The third-order valence-electron chi connectivity index (χ3n) is 5.83. The molecule has 0 amide bonds. The third-order valence-corrected chi connectivity index (χ3v) is 5.83. The van der Waals surface area contributed by atoms with Crippen molar-refractivity contribution < 1.29 is 9.90 Å². The van der Waals surface area contributed by atoms with Crippen LogP contribution >= 0.6 is 0 Å². The van der Waals surface area contributed by atoms with Crippen molar-refractivity contribution in [1.29, 1.82) is 0 Å². The molecule has 4 aliphatic rings. The van der Waals surface area contributed by atoms with Gasteiger partial charge in [-0.3, -0.25) is 0 Å². The monoisotopic (exact) mass is 275 g/mol. The van der Waals surface area contributed by atoms with Crippen LogP contribution in [0.5, 0.6) is 0 Å². The lowest BCUT2D eigenvalue weighted by Crippen LogP contribution is -2.47. The maximum atomic E-state index is 11.6. The standard InChI is InChI=1S/C15H21N3O2/c19-14(20)13(18-9-16-8-17-18)7-15-4-10-1-11(5-15)3-12(2-10)6-15/h8-13H,1-7H2,(H,19,20). The Labute approximate surface area is 118 Å². The summed E-state index contributed by atoms with van der Waals surface area (Å²) in [6, 6.07) is -0.547. The van der Waals surface area contributed by atoms with Crippen molar-refractivity contribution in [3.8, 4) is 0 Å². The Balaban J connectivity index is 1.59. The number of aromatic nitrogens is 3.